The van der Waals surface area contributed by atoms with Crippen LogP contribution in [0.3, 0.4) is 0 Å². The fraction of sp³-hybridized carbons (Fsp3) is 0.0741. The van der Waals surface area contributed by atoms with Gasteiger partial charge in [0.25, 0.3) is 0 Å². The van der Waals surface area contributed by atoms with Gasteiger partial charge in [-0.25, -0.2) is 18.7 Å². The normalized spacial score (nSPS) is 10.9. The van der Waals surface area contributed by atoms with Crippen molar-refractivity contribution in [3.63, 3.8) is 0 Å². The van der Waals surface area contributed by atoms with Crippen LogP contribution < -0.4 is 15.8 Å². The Hall–Kier alpha value is -5.19. The topological polar surface area (TPSA) is 120 Å². The number of aryl methyl sites for hydroxylation is 1. The number of aromatic nitrogens is 5. The van der Waals surface area contributed by atoms with Gasteiger partial charge < -0.3 is 15.8 Å². The van der Waals surface area contributed by atoms with Gasteiger partial charge in [-0.3, -0.25) is 4.79 Å². The number of carbonyl (C=O) groups is 1. The molecule has 190 valence electrons. The molecule has 3 N–H and O–H groups in total. The highest BCUT2D eigenvalue weighted by atomic mass is 19.1. The summed E-state index contributed by atoms with van der Waals surface area (Å²) in [5, 5.41) is 11.1. The lowest BCUT2D eigenvalue weighted by molar-refractivity contribution is -0.116. The van der Waals surface area contributed by atoms with Crippen LogP contribution in [0.4, 0.5) is 14.6 Å². The molecular formula is C27H21F2N7O2. The third-order valence-corrected chi connectivity index (χ3v) is 5.71. The fourth-order valence-corrected chi connectivity index (χ4v) is 3.93. The molecule has 2 aromatic carbocycles. The lowest BCUT2D eigenvalue weighted by Crippen LogP contribution is -2.19. The summed E-state index contributed by atoms with van der Waals surface area (Å²) in [5.41, 5.74) is 8.70. The van der Waals surface area contributed by atoms with E-state index >= 15 is 8.78 Å². The number of hydrogen-bond donors (Lipinski definition) is 2. The number of halogens is 2. The molecule has 0 saturated heterocycles. The number of pyridine rings is 1. The number of rotatable bonds is 7. The number of fused-ring (bicyclic) bond motifs is 1. The minimum atomic E-state index is -0.666. The number of benzene rings is 2. The molecule has 0 aliphatic carbocycles. The second kappa shape index (κ2) is 10.1. The molecule has 0 radical (unpaired) electrons. The van der Waals surface area contributed by atoms with Crippen LogP contribution in [-0.4, -0.2) is 30.7 Å². The summed E-state index contributed by atoms with van der Waals surface area (Å²) >= 11 is 0. The molecule has 0 bridgehead atoms. The Bertz CT molecular complexity index is 1700. The van der Waals surface area contributed by atoms with Gasteiger partial charge in [0, 0.05) is 29.4 Å². The summed E-state index contributed by atoms with van der Waals surface area (Å²) in [6.07, 6.45) is 2.35. The number of hydrogen-bond acceptors (Lipinski definition) is 7. The van der Waals surface area contributed by atoms with Gasteiger partial charge in [-0.15, -0.1) is 14.8 Å². The van der Waals surface area contributed by atoms with E-state index in [0.29, 0.717) is 16.7 Å². The van der Waals surface area contributed by atoms with Crippen LogP contribution in [0.5, 0.6) is 11.6 Å². The van der Waals surface area contributed by atoms with Crippen molar-refractivity contribution in [2.75, 3.05) is 5.73 Å². The number of ether oxygens (including phenoxy) is 1. The molecule has 1 amide bonds. The highest BCUT2D eigenvalue weighted by molar-refractivity contribution is 5.96. The molecule has 0 spiro atoms. The molecule has 5 aromatic rings. The van der Waals surface area contributed by atoms with Crippen molar-refractivity contribution in [1.82, 2.24) is 30.1 Å². The third-order valence-electron chi connectivity index (χ3n) is 5.71. The second-order valence-corrected chi connectivity index (χ2v) is 8.31. The Kier molecular flexibility index (Phi) is 6.48. The number of nitrogens with zero attached hydrogens (tertiary/aromatic N) is 5. The number of nitrogens with two attached hydrogens (primary N) is 1. The Morgan fingerprint density at radius 2 is 2.00 bits per heavy atom. The molecular weight excluding hydrogens is 492 g/mol. The first kappa shape index (κ1) is 24.5. The molecule has 11 heteroatoms. The van der Waals surface area contributed by atoms with E-state index < -0.39 is 11.6 Å². The molecule has 5 rings (SSSR count). The van der Waals surface area contributed by atoms with Gasteiger partial charge in [-0.05, 0) is 54.5 Å². The lowest BCUT2D eigenvalue weighted by Gasteiger charge is -2.10. The van der Waals surface area contributed by atoms with E-state index in [4.69, 9.17) is 10.5 Å². The summed E-state index contributed by atoms with van der Waals surface area (Å²) < 4.78 is 37.4. The number of anilines is 1. The van der Waals surface area contributed by atoms with Crippen LogP contribution in [0.2, 0.25) is 0 Å². The van der Waals surface area contributed by atoms with E-state index in [0.717, 1.165) is 11.8 Å². The zero-order chi connectivity index (χ0) is 26.8. The fourth-order valence-electron chi connectivity index (χ4n) is 3.93. The first-order valence-electron chi connectivity index (χ1n) is 11.4. The number of nitrogen functional groups attached to an aromatic ring is 1. The molecule has 0 aliphatic rings. The van der Waals surface area contributed by atoms with Crippen molar-refractivity contribution in [2.45, 2.75) is 13.5 Å². The van der Waals surface area contributed by atoms with Gasteiger partial charge in [0.2, 0.25) is 11.8 Å². The first-order valence-corrected chi connectivity index (χ1v) is 11.4. The minimum Gasteiger partial charge on any atom is -0.436 e. The number of nitrogens with one attached hydrogen (secondary N) is 1. The van der Waals surface area contributed by atoms with Crippen molar-refractivity contribution >= 4 is 17.2 Å². The van der Waals surface area contributed by atoms with Crippen LogP contribution in [0.25, 0.3) is 27.9 Å². The van der Waals surface area contributed by atoms with Gasteiger partial charge >= 0.3 is 0 Å². The maximum Gasteiger partial charge on any atom is 0.243 e. The van der Waals surface area contributed by atoms with E-state index in [-0.39, 0.29) is 46.7 Å². The van der Waals surface area contributed by atoms with E-state index in [1.807, 2.05) is 0 Å². The Balaban J connectivity index is 1.58. The van der Waals surface area contributed by atoms with Gasteiger partial charge in [-0.2, -0.15) is 0 Å². The van der Waals surface area contributed by atoms with Crippen LogP contribution >= 0.6 is 0 Å². The highest BCUT2D eigenvalue weighted by Gasteiger charge is 2.23. The van der Waals surface area contributed by atoms with Gasteiger partial charge in [0.1, 0.15) is 23.4 Å². The van der Waals surface area contributed by atoms with Crippen molar-refractivity contribution in [3.8, 4) is 34.0 Å². The van der Waals surface area contributed by atoms with Crippen LogP contribution in [0.15, 0.2) is 73.6 Å². The molecule has 0 atom stereocenters. The van der Waals surface area contributed by atoms with E-state index in [1.54, 1.807) is 37.3 Å². The zero-order valence-corrected chi connectivity index (χ0v) is 20.2. The predicted octanol–water partition coefficient (Wildman–Crippen LogP) is 4.62. The summed E-state index contributed by atoms with van der Waals surface area (Å²) in [4.78, 5) is 19.7. The van der Waals surface area contributed by atoms with Crippen LogP contribution in [0, 0.1) is 18.6 Å². The van der Waals surface area contributed by atoms with Crippen LogP contribution in [-0.2, 0) is 11.3 Å². The molecule has 0 unspecified atom stereocenters. The van der Waals surface area contributed by atoms with Crippen molar-refractivity contribution in [3.05, 3.63) is 96.5 Å². The molecule has 0 fully saturated rings. The Labute approximate surface area is 215 Å². The molecule has 38 heavy (non-hydrogen) atoms. The van der Waals surface area contributed by atoms with Crippen molar-refractivity contribution < 1.29 is 18.3 Å². The molecule has 3 heterocycles. The van der Waals surface area contributed by atoms with Gasteiger partial charge in [0.15, 0.2) is 17.4 Å². The maximum absolute atomic E-state index is 15.3. The monoisotopic (exact) mass is 513 g/mol. The van der Waals surface area contributed by atoms with Crippen molar-refractivity contribution in [1.29, 1.82) is 0 Å². The largest absolute Gasteiger partial charge is 0.436 e. The zero-order valence-electron chi connectivity index (χ0n) is 20.2. The van der Waals surface area contributed by atoms with Crippen LogP contribution in [0.1, 0.15) is 11.3 Å². The average Bonchev–Trinajstić information content (AvgIpc) is 3.29. The van der Waals surface area contributed by atoms with Crippen molar-refractivity contribution in [2.24, 2.45) is 0 Å². The summed E-state index contributed by atoms with van der Waals surface area (Å²) in [6, 6.07) is 13.9. The Morgan fingerprint density at radius 1 is 1.16 bits per heavy atom. The second-order valence-electron chi connectivity index (χ2n) is 8.31. The standard InChI is InChI=1S/C27H21F2N7O2/c1-3-22(37)31-13-16-7-9-18(19(28)11-16)25-24(26-27(30)32-14-33-36(26)35-25)17-8-10-21(20(29)12-17)38-23-6-4-5-15(2)34-23/h3-12,14H,1,13H2,2H3,(H,31,37)(H2,30,32,33). The summed E-state index contributed by atoms with van der Waals surface area (Å²) in [5.74, 6) is -1.34. The molecule has 3 aromatic heterocycles. The SMILES string of the molecule is C=CC(=O)NCc1ccc(-c2nn3ncnc(N)c3c2-c2ccc(Oc3cccc(C)n3)c(F)c2)c(F)c1. The molecule has 9 nitrogen and oxygen atoms in total. The van der Waals surface area contributed by atoms with Gasteiger partial charge in [0.05, 0.1) is 0 Å². The van der Waals surface area contributed by atoms with E-state index in [9.17, 15) is 4.79 Å². The number of carbonyl (C=O) groups excluding carboxylic acids is 1. The summed E-state index contributed by atoms with van der Waals surface area (Å²) in [6.45, 7) is 5.30. The lowest BCUT2D eigenvalue weighted by atomic mass is 9.98. The molecule has 0 saturated carbocycles. The highest BCUT2D eigenvalue weighted by Crippen LogP contribution is 2.39. The average molecular weight is 514 g/mol. The Morgan fingerprint density at radius 3 is 2.74 bits per heavy atom. The first-order chi connectivity index (χ1) is 18.3. The third kappa shape index (κ3) is 4.76. The van der Waals surface area contributed by atoms with E-state index in [1.165, 1.54) is 35.2 Å². The predicted molar refractivity (Wildman–Crippen MR) is 137 cm³/mol. The minimum absolute atomic E-state index is 0.0359. The number of amides is 1. The summed E-state index contributed by atoms with van der Waals surface area (Å²) in [7, 11) is 0. The van der Waals surface area contributed by atoms with Gasteiger partial charge in [-0.1, -0.05) is 24.8 Å². The quantitative estimate of drug-likeness (QED) is 0.305. The smallest absolute Gasteiger partial charge is 0.243 e. The molecule has 0 aliphatic heterocycles. The van der Waals surface area contributed by atoms with E-state index in [2.05, 4.69) is 32.1 Å². The maximum atomic E-state index is 15.3.